The first-order valence-corrected chi connectivity index (χ1v) is 7.71. The van der Waals surface area contributed by atoms with E-state index in [2.05, 4.69) is 5.32 Å². The molecule has 1 aliphatic rings. The predicted molar refractivity (Wildman–Crippen MR) is 83.3 cm³/mol. The van der Waals surface area contributed by atoms with E-state index in [0.29, 0.717) is 22.9 Å². The molecule has 2 amide bonds. The van der Waals surface area contributed by atoms with Crippen LogP contribution >= 0.6 is 23.2 Å². The van der Waals surface area contributed by atoms with Crippen LogP contribution in [0.1, 0.15) is 32.3 Å². The first kappa shape index (κ1) is 16.1. The minimum Gasteiger partial charge on any atom is -0.340 e. The van der Waals surface area contributed by atoms with Gasteiger partial charge in [0.2, 0.25) is 11.8 Å². The molecule has 0 aliphatic carbocycles. The highest BCUT2D eigenvalue weighted by Crippen LogP contribution is 2.26. The third kappa shape index (κ3) is 3.16. The molecule has 1 fully saturated rings. The van der Waals surface area contributed by atoms with Crippen LogP contribution in [0.2, 0.25) is 10.0 Å². The van der Waals surface area contributed by atoms with Gasteiger partial charge in [0.05, 0.1) is 6.54 Å². The second kappa shape index (κ2) is 6.24. The topological polar surface area (TPSA) is 49.4 Å². The molecule has 4 nitrogen and oxygen atoms in total. The quantitative estimate of drug-likeness (QED) is 0.923. The average molecular weight is 329 g/mol. The van der Waals surface area contributed by atoms with Crippen LogP contribution in [0.15, 0.2) is 18.2 Å². The molecular weight excluding hydrogens is 311 g/mol. The van der Waals surface area contributed by atoms with Crippen molar-refractivity contribution in [1.29, 1.82) is 0 Å². The van der Waals surface area contributed by atoms with Gasteiger partial charge in [-0.3, -0.25) is 9.59 Å². The van der Waals surface area contributed by atoms with Crippen LogP contribution in [-0.4, -0.2) is 28.8 Å². The van der Waals surface area contributed by atoms with Crippen LogP contribution in [0, 0.1) is 0 Å². The number of amides is 2. The van der Waals surface area contributed by atoms with Crippen molar-refractivity contribution in [3.05, 3.63) is 33.8 Å². The summed E-state index contributed by atoms with van der Waals surface area (Å²) in [4.78, 5) is 26.2. The highest BCUT2D eigenvalue weighted by Gasteiger charge is 2.43. The molecule has 0 saturated carbocycles. The predicted octanol–water partition coefficient (Wildman–Crippen LogP) is 3.01. The fourth-order valence-electron chi connectivity index (χ4n) is 2.63. The van der Waals surface area contributed by atoms with Crippen molar-refractivity contribution in [1.82, 2.24) is 10.2 Å². The Kier molecular flexibility index (Phi) is 4.79. The normalized spacial score (nSPS) is 17.8. The van der Waals surface area contributed by atoms with Gasteiger partial charge in [0, 0.05) is 16.6 Å². The van der Waals surface area contributed by atoms with E-state index in [9.17, 15) is 9.59 Å². The van der Waals surface area contributed by atoms with Crippen molar-refractivity contribution >= 4 is 35.0 Å². The minimum atomic E-state index is -0.805. The van der Waals surface area contributed by atoms with Gasteiger partial charge in [-0.25, -0.2) is 0 Å². The second-order valence-electron chi connectivity index (χ2n) is 5.23. The zero-order valence-corrected chi connectivity index (χ0v) is 13.6. The summed E-state index contributed by atoms with van der Waals surface area (Å²) in [5, 5.41) is 3.93. The molecule has 0 bridgehead atoms. The minimum absolute atomic E-state index is 0.0451. The number of carbonyl (C=O) groups is 2. The van der Waals surface area contributed by atoms with Crippen molar-refractivity contribution in [2.24, 2.45) is 0 Å². The molecule has 114 valence electrons. The van der Waals surface area contributed by atoms with Gasteiger partial charge < -0.3 is 10.2 Å². The van der Waals surface area contributed by atoms with Crippen LogP contribution in [0.4, 0.5) is 0 Å². The van der Waals surface area contributed by atoms with E-state index >= 15 is 0 Å². The van der Waals surface area contributed by atoms with Gasteiger partial charge in [-0.15, -0.1) is 0 Å². The number of carbonyl (C=O) groups excluding carboxylic acids is 2. The number of hydrogen-bond donors (Lipinski definition) is 1. The summed E-state index contributed by atoms with van der Waals surface area (Å²) in [6.07, 6.45) is 1.13. The highest BCUT2D eigenvalue weighted by molar-refractivity contribution is 6.33. The summed E-state index contributed by atoms with van der Waals surface area (Å²) in [6, 6.07) is 5.12. The Labute approximate surface area is 134 Å². The maximum atomic E-state index is 12.7. The maximum absolute atomic E-state index is 12.7. The number of rotatable bonds is 4. The standard InChI is InChI=1S/C15H18Cl2N2O2/c1-3-15(4-2)14(21)19(9-13(20)18-15)8-10-7-11(16)5-6-12(10)17/h5-7H,3-4,8-9H2,1-2H3,(H,18,20). The SMILES string of the molecule is CCC1(CC)NC(=O)CN(Cc2cc(Cl)ccc2Cl)C1=O. The molecule has 1 heterocycles. The number of benzene rings is 1. The molecule has 1 aromatic rings. The summed E-state index contributed by atoms with van der Waals surface area (Å²) in [5.41, 5.74) is -0.0614. The van der Waals surface area contributed by atoms with Crippen LogP contribution in [0.3, 0.4) is 0 Å². The number of nitrogens with zero attached hydrogens (tertiary/aromatic N) is 1. The Bertz CT molecular complexity index is 571. The van der Waals surface area contributed by atoms with E-state index in [1.54, 1.807) is 23.1 Å². The number of piperazine rings is 1. The molecule has 0 atom stereocenters. The molecule has 2 rings (SSSR count). The Morgan fingerprint density at radius 2 is 1.90 bits per heavy atom. The van der Waals surface area contributed by atoms with E-state index in [0.717, 1.165) is 5.56 Å². The molecular formula is C15H18Cl2N2O2. The fourth-order valence-corrected chi connectivity index (χ4v) is 3.01. The van der Waals surface area contributed by atoms with E-state index in [4.69, 9.17) is 23.2 Å². The van der Waals surface area contributed by atoms with Crippen molar-refractivity contribution in [3.63, 3.8) is 0 Å². The van der Waals surface area contributed by atoms with Gasteiger partial charge in [-0.2, -0.15) is 0 Å². The Balaban J connectivity index is 2.28. The Morgan fingerprint density at radius 3 is 2.52 bits per heavy atom. The molecule has 1 aromatic carbocycles. The number of halogens is 2. The summed E-state index contributed by atoms with van der Waals surface area (Å²) >= 11 is 12.1. The van der Waals surface area contributed by atoms with Gasteiger partial charge in [0.15, 0.2) is 0 Å². The lowest BCUT2D eigenvalue weighted by Crippen LogP contribution is -2.65. The van der Waals surface area contributed by atoms with Crippen LogP contribution in [0.5, 0.6) is 0 Å². The van der Waals surface area contributed by atoms with E-state index in [1.165, 1.54) is 0 Å². The number of nitrogens with one attached hydrogen (secondary N) is 1. The van der Waals surface area contributed by atoms with Crippen LogP contribution in [-0.2, 0) is 16.1 Å². The highest BCUT2D eigenvalue weighted by atomic mass is 35.5. The Hall–Kier alpha value is -1.26. The first-order valence-electron chi connectivity index (χ1n) is 6.96. The third-order valence-corrected chi connectivity index (χ3v) is 4.59. The molecule has 1 aliphatic heterocycles. The number of hydrogen-bond acceptors (Lipinski definition) is 2. The zero-order valence-electron chi connectivity index (χ0n) is 12.1. The molecule has 1 N–H and O–H groups in total. The van der Waals surface area contributed by atoms with Crippen LogP contribution < -0.4 is 5.32 Å². The largest absolute Gasteiger partial charge is 0.340 e. The monoisotopic (exact) mass is 328 g/mol. The lowest BCUT2D eigenvalue weighted by Gasteiger charge is -2.41. The molecule has 0 unspecified atom stereocenters. The fraction of sp³-hybridized carbons (Fsp3) is 0.467. The lowest BCUT2D eigenvalue weighted by atomic mass is 9.88. The lowest BCUT2D eigenvalue weighted by molar-refractivity contribution is -0.151. The molecule has 21 heavy (non-hydrogen) atoms. The summed E-state index contributed by atoms with van der Waals surface area (Å²) < 4.78 is 0. The third-order valence-electron chi connectivity index (χ3n) is 3.99. The van der Waals surface area contributed by atoms with Crippen LogP contribution in [0.25, 0.3) is 0 Å². The van der Waals surface area contributed by atoms with Gasteiger partial charge in [-0.05, 0) is 36.6 Å². The molecule has 1 saturated heterocycles. The molecule has 0 radical (unpaired) electrons. The van der Waals surface area contributed by atoms with Crippen molar-refractivity contribution < 1.29 is 9.59 Å². The average Bonchev–Trinajstić information content (AvgIpc) is 2.46. The summed E-state index contributed by atoms with van der Waals surface area (Å²) in [7, 11) is 0. The van der Waals surface area contributed by atoms with Gasteiger partial charge in [0.1, 0.15) is 5.54 Å². The Morgan fingerprint density at radius 1 is 1.24 bits per heavy atom. The van der Waals surface area contributed by atoms with Crippen molar-refractivity contribution in [3.8, 4) is 0 Å². The van der Waals surface area contributed by atoms with Gasteiger partial charge in [-0.1, -0.05) is 37.0 Å². The zero-order chi connectivity index (χ0) is 15.6. The van der Waals surface area contributed by atoms with Crippen molar-refractivity contribution in [2.75, 3.05) is 6.54 Å². The molecule has 0 spiro atoms. The van der Waals surface area contributed by atoms with Gasteiger partial charge in [0.25, 0.3) is 0 Å². The van der Waals surface area contributed by atoms with E-state index in [1.807, 2.05) is 13.8 Å². The maximum Gasteiger partial charge on any atom is 0.249 e. The second-order valence-corrected chi connectivity index (χ2v) is 6.08. The first-order chi connectivity index (χ1) is 9.91. The van der Waals surface area contributed by atoms with E-state index < -0.39 is 5.54 Å². The smallest absolute Gasteiger partial charge is 0.249 e. The van der Waals surface area contributed by atoms with E-state index in [-0.39, 0.29) is 24.9 Å². The summed E-state index contributed by atoms with van der Waals surface area (Å²) in [6.45, 7) is 4.13. The van der Waals surface area contributed by atoms with Crippen molar-refractivity contribution in [2.45, 2.75) is 38.8 Å². The molecule has 0 aromatic heterocycles. The summed E-state index contributed by atoms with van der Waals surface area (Å²) in [5.74, 6) is -0.209. The van der Waals surface area contributed by atoms with Gasteiger partial charge >= 0.3 is 0 Å². The molecule has 6 heteroatoms.